The Morgan fingerprint density at radius 2 is 1.57 bits per heavy atom. The first-order chi connectivity index (χ1) is 17.9. The van der Waals surface area contributed by atoms with Crippen LogP contribution in [-0.4, -0.2) is 42.5 Å². The number of hydrogen-bond donors (Lipinski definition) is 1. The molecule has 3 aromatic carbocycles. The highest BCUT2D eigenvalue weighted by Crippen LogP contribution is 2.20. The van der Waals surface area contributed by atoms with Crippen LogP contribution in [0.15, 0.2) is 78.9 Å². The Morgan fingerprint density at radius 3 is 2.22 bits per heavy atom. The molecule has 3 aromatic rings. The molecule has 0 aliphatic rings. The van der Waals surface area contributed by atoms with Crippen molar-refractivity contribution in [1.82, 2.24) is 10.2 Å². The molecule has 2 amide bonds. The zero-order valence-corrected chi connectivity index (χ0v) is 21.7. The molecule has 0 heterocycles. The summed E-state index contributed by atoms with van der Waals surface area (Å²) in [5.41, 5.74) is 1.28. The fourth-order valence-corrected chi connectivity index (χ4v) is 3.97. The second-order valence-corrected chi connectivity index (χ2v) is 9.11. The van der Waals surface area contributed by atoms with Gasteiger partial charge in [0.15, 0.2) is 0 Å². The summed E-state index contributed by atoms with van der Waals surface area (Å²) < 4.78 is 25.5. The normalized spacial score (nSPS) is 11.6. The summed E-state index contributed by atoms with van der Waals surface area (Å²) in [5.74, 6) is 0.496. The van der Waals surface area contributed by atoms with Gasteiger partial charge in [0.2, 0.25) is 11.8 Å². The van der Waals surface area contributed by atoms with Gasteiger partial charge in [-0.2, -0.15) is 0 Å². The third kappa shape index (κ3) is 8.63. The molecule has 1 atom stereocenters. The number of halogens is 1. The third-order valence-electron chi connectivity index (χ3n) is 5.86. The Bertz CT molecular complexity index is 1140. The lowest BCUT2D eigenvalue weighted by Crippen LogP contribution is -2.51. The van der Waals surface area contributed by atoms with Crippen molar-refractivity contribution in [2.75, 3.05) is 13.7 Å². The van der Waals surface area contributed by atoms with Crippen molar-refractivity contribution in [2.45, 2.75) is 51.7 Å². The quantitative estimate of drug-likeness (QED) is 0.325. The minimum Gasteiger partial charge on any atom is -0.497 e. The van der Waals surface area contributed by atoms with Gasteiger partial charge in [0.05, 0.1) is 13.7 Å². The summed E-state index contributed by atoms with van der Waals surface area (Å²) in [6.45, 7) is 4.06. The molecule has 6 nitrogen and oxygen atoms in total. The van der Waals surface area contributed by atoms with Gasteiger partial charge in [-0.1, -0.05) is 48.5 Å². The molecule has 0 aromatic heterocycles. The molecule has 37 heavy (non-hydrogen) atoms. The topological polar surface area (TPSA) is 67.9 Å². The van der Waals surface area contributed by atoms with Crippen molar-refractivity contribution < 1.29 is 23.5 Å². The van der Waals surface area contributed by atoms with Crippen LogP contribution in [0.25, 0.3) is 0 Å². The minimum atomic E-state index is -0.792. The largest absolute Gasteiger partial charge is 0.497 e. The predicted molar refractivity (Wildman–Crippen MR) is 142 cm³/mol. The van der Waals surface area contributed by atoms with E-state index in [1.165, 1.54) is 11.0 Å². The molecule has 0 radical (unpaired) electrons. The summed E-state index contributed by atoms with van der Waals surface area (Å²) in [4.78, 5) is 28.3. The second-order valence-electron chi connectivity index (χ2n) is 9.11. The molecule has 0 spiro atoms. The molecular weight excluding hydrogens is 471 g/mol. The van der Waals surface area contributed by atoms with E-state index in [1.54, 1.807) is 49.6 Å². The van der Waals surface area contributed by atoms with Gasteiger partial charge in [0.25, 0.3) is 0 Å². The molecule has 3 rings (SSSR count). The van der Waals surface area contributed by atoms with Gasteiger partial charge in [-0.15, -0.1) is 0 Å². The van der Waals surface area contributed by atoms with E-state index < -0.39 is 11.9 Å². The number of amides is 2. The maximum Gasteiger partial charge on any atom is 0.243 e. The van der Waals surface area contributed by atoms with E-state index >= 15 is 0 Å². The highest BCUT2D eigenvalue weighted by Gasteiger charge is 2.31. The van der Waals surface area contributed by atoms with Crippen molar-refractivity contribution in [1.29, 1.82) is 0 Å². The molecule has 0 aliphatic heterocycles. The molecule has 7 heteroatoms. The van der Waals surface area contributed by atoms with Crippen LogP contribution >= 0.6 is 0 Å². The lowest BCUT2D eigenvalue weighted by Gasteiger charge is -2.32. The summed E-state index contributed by atoms with van der Waals surface area (Å²) in [5, 5.41) is 2.94. The van der Waals surface area contributed by atoms with E-state index in [0.717, 1.165) is 11.3 Å². The minimum absolute atomic E-state index is 0.00609. The van der Waals surface area contributed by atoms with E-state index in [2.05, 4.69) is 5.32 Å². The van der Waals surface area contributed by atoms with Crippen molar-refractivity contribution in [3.05, 3.63) is 95.8 Å². The van der Waals surface area contributed by atoms with Gasteiger partial charge in [-0.05, 0) is 56.2 Å². The van der Waals surface area contributed by atoms with Crippen LogP contribution in [0.5, 0.6) is 11.5 Å². The van der Waals surface area contributed by atoms with Crippen molar-refractivity contribution >= 4 is 11.8 Å². The zero-order chi connectivity index (χ0) is 26.6. The van der Waals surface area contributed by atoms with Crippen LogP contribution in [0.4, 0.5) is 4.39 Å². The smallest absolute Gasteiger partial charge is 0.243 e. The standard InChI is InChI=1S/C30H35FN2O4/c1-22(2)32-30(35)28(20-23-10-5-4-6-11-23)33(21-24-12-7-8-13-27(24)31)29(34)14-9-19-37-26-17-15-25(36-3)16-18-26/h4-8,10-13,15-18,22,28H,9,14,19-21H2,1-3H3,(H,32,35)/t28-/m1/s1. The SMILES string of the molecule is COc1ccc(OCCCC(=O)N(Cc2ccccc2F)[C@H](Cc2ccccc2)C(=O)NC(C)C)cc1. The first kappa shape index (κ1) is 27.7. The number of carbonyl (C=O) groups is 2. The Morgan fingerprint density at radius 1 is 0.919 bits per heavy atom. The van der Waals surface area contributed by atoms with Crippen LogP contribution in [0.1, 0.15) is 37.8 Å². The van der Waals surface area contributed by atoms with Crippen LogP contribution < -0.4 is 14.8 Å². The number of carbonyl (C=O) groups excluding carboxylic acids is 2. The van der Waals surface area contributed by atoms with E-state index in [4.69, 9.17) is 9.47 Å². The maximum atomic E-state index is 14.6. The number of ether oxygens (including phenoxy) is 2. The summed E-state index contributed by atoms with van der Waals surface area (Å²) in [7, 11) is 1.60. The molecule has 0 aliphatic carbocycles. The Balaban J connectivity index is 1.77. The summed E-state index contributed by atoms with van der Waals surface area (Å²) in [6, 6.07) is 22.2. The predicted octanol–water partition coefficient (Wildman–Crippen LogP) is 5.16. The Labute approximate surface area is 218 Å². The monoisotopic (exact) mass is 506 g/mol. The Hall–Kier alpha value is -3.87. The molecule has 0 unspecified atom stereocenters. The molecule has 0 saturated carbocycles. The van der Waals surface area contributed by atoms with Gasteiger partial charge < -0.3 is 19.7 Å². The Kier molecular flexibility index (Phi) is 10.5. The van der Waals surface area contributed by atoms with Gasteiger partial charge in [0.1, 0.15) is 23.4 Å². The van der Waals surface area contributed by atoms with E-state index in [0.29, 0.717) is 30.8 Å². The van der Waals surface area contributed by atoms with Gasteiger partial charge in [-0.25, -0.2) is 4.39 Å². The lowest BCUT2D eigenvalue weighted by atomic mass is 10.0. The van der Waals surface area contributed by atoms with E-state index in [-0.39, 0.29) is 30.8 Å². The highest BCUT2D eigenvalue weighted by molar-refractivity contribution is 5.88. The number of methoxy groups -OCH3 is 1. The summed E-state index contributed by atoms with van der Waals surface area (Å²) >= 11 is 0. The van der Waals surface area contributed by atoms with Gasteiger partial charge in [-0.3, -0.25) is 9.59 Å². The van der Waals surface area contributed by atoms with Crippen molar-refractivity contribution in [3.8, 4) is 11.5 Å². The average Bonchev–Trinajstić information content (AvgIpc) is 2.90. The maximum absolute atomic E-state index is 14.6. The van der Waals surface area contributed by atoms with Crippen LogP contribution in [0.3, 0.4) is 0 Å². The van der Waals surface area contributed by atoms with Crippen LogP contribution in [0, 0.1) is 5.82 Å². The van der Waals surface area contributed by atoms with Crippen LogP contribution in [0.2, 0.25) is 0 Å². The highest BCUT2D eigenvalue weighted by atomic mass is 19.1. The van der Waals surface area contributed by atoms with Crippen molar-refractivity contribution in [3.63, 3.8) is 0 Å². The number of benzene rings is 3. The first-order valence-corrected chi connectivity index (χ1v) is 12.5. The fourth-order valence-electron chi connectivity index (χ4n) is 3.97. The van der Waals surface area contributed by atoms with Gasteiger partial charge >= 0.3 is 0 Å². The number of nitrogens with one attached hydrogen (secondary N) is 1. The molecular formula is C30H35FN2O4. The average molecular weight is 507 g/mol. The second kappa shape index (κ2) is 14.0. The number of nitrogens with zero attached hydrogens (tertiary/aromatic N) is 1. The van der Waals surface area contributed by atoms with Crippen LogP contribution in [-0.2, 0) is 22.6 Å². The molecule has 196 valence electrons. The fraction of sp³-hybridized carbons (Fsp3) is 0.333. The van der Waals surface area contributed by atoms with Crippen molar-refractivity contribution in [2.24, 2.45) is 0 Å². The number of hydrogen-bond acceptors (Lipinski definition) is 4. The lowest BCUT2D eigenvalue weighted by molar-refractivity contribution is -0.141. The first-order valence-electron chi connectivity index (χ1n) is 12.5. The van der Waals surface area contributed by atoms with E-state index in [1.807, 2.05) is 44.2 Å². The number of rotatable bonds is 13. The van der Waals surface area contributed by atoms with Gasteiger partial charge in [0, 0.05) is 31.0 Å². The molecule has 0 bridgehead atoms. The summed E-state index contributed by atoms with van der Waals surface area (Å²) in [6.07, 6.45) is 0.926. The molecule has 1 N–H and O–H groups in total. The zero-order valence-electron chi connectivity index (χ0n) is 21.7. The third-order valence-corrected chi connectivity index (χ3v) is 5.86. The van der Waals surface area contributed by atoms with E-state index in [9.17, 15) is 14.0 Å². The molecule has 0 saturated heterocycles. The molecule has 0 fully saturated rings.